The van der Waals surface area contributed by atoms with Crippen LogP contribution in [-0.4, -0.2) is 22.9 Å². The number of carbonyl (C=O) groups excluding carboxylic acids is 2. The van der Waals surface area contributed by atoms with Gasteiger partial charge < -0.3 is 9.47 Å². The Morgan fingerprint density at radius 3 is 2.50 bits per heavy atom. The second-order valence-electron chi connectivity index (χ2n) is 5.28. The summed E-state index contributed by atoms with van der Waals surface area (Å²) < 4.78 is 36.7. The molecule has 124 valence electrons. The third-order valence-electron chi connectivity index (χ3n) is 3.94. The third-order valence-corrected chi connectivity index (χ3v) is 3.94. The number of hydrogen-bond acceptors (Lipinski definition) is 6. The van der Waals surface area contributed by atoms with Crippen LogP contribution in [0.2, 0.25) is 0 Å². The van der Waals surface area contributed by atoms with Gasteiger partial charge in [-0.15, -0.1) is 0 Å². The summed E-state index contributed by atoms with van der Waals surface area (Å²) in [4.78, 5) is 29.1. The lowest BCUT2D eigenvalue weighted by Gasteiger charge is -2.25. The van der Waals surface area contributed by atoms with Gasteiger partial charge in [0.25, 0.3) is 12.9 Å². The molecule has 0 saturated carbocycles. The second-order valence-corrected chi connectivity index (χ2v) is 5.28. The molecule has 0 saturated heterocycles. The van der Waals surface area contributed by atoms with Crippen LogP contribution in [0.1, 0.15) is 29.3 Å². The van der Waals surface area contributed by atoms with Gasteiger partial charge in [-0.1, -0.05) is 0 Å². The van der Waals surface area contributed by atoms with Gasteiger partial charge in [0.15, 0.2) is 17.3 Å². The zero-order valence-corrected chi connectivity index (χ0v) is 12.4. The smallest absolute Gasteiger partial charge is 0.298 e. The van der Waals surface area contributed by atoms with Gasteiger partial charge in [0.2, 0.25) is 5.82 Å². The van der Waals surface area contributed by atoms with E-state index in [1.165, 1.54) is 12.4 Å². The van der Waals surface area contributed by atoms with Crippen LogP contribution in [0.4, 0.5) is 8.78 Å². The summed E-state index contributed by atoms with van der Waals surface area (Å²) >= 11 is 0. The van der Waals surface area contributed by atoms with E-state index in [0.717, 1.165) is 6.07 Å². The molecule has 0 radical (unpaired) electrons. The highest BCUT2D eigenvalue weighted by Crippen LogP contribution is 2.38. The Morgan fingerprint density at radius 1 is 1.12 bits per heavy atom. The number of rotatable bonds is 5. The van der Waals surface area contributed by atoms with Crippen molar-refractivity contribution in [1.82, 2.24) is 9.97 Å². The topological polar surface area (TPSA) is 78.4 Å². The Kier molecular flexibility index (Phi) is 4.45. The van der Waals surface area contributed by atoms with Crippen molar-refractivity contribution < 1.29 is 27.8 Å². The number of aromatic nitrogens is 2. The van der Waals surface area contributed by atoms with Crippen LogP contribution < -0.4 is 9.47 Å². The maximum absolute atomic E-state index is 13.8. The van der Waals surface area contributed by atoms with Gasteiger partial charge in [-0.25, -0.2) is 14.4 Å². The number of halogens is 2. The molecule has 0 bridgehead atoms. The third kappa shape index (κ3) is 2.94. The van der Waals surface area contributed by atoms with Crippen LogP contribution >= 0.6 is 0 Å². The molecule has 3 rings (SSSR count). The van der Waals surface area contributed by atoms with E-state index in [9.17, 15) is 18.4 Å². The van der Waals surface area contributed by atoms with Crippen molar-refractivity contribution in [3.05, 3.63) is 47.0 Å². The molecule has 8 heteroatoms. The maximum atomic E-state index is 13.8. The first-order chi connectivity index (χ1) is 11.6. The zero-order chi connectivity index (χ0) is 17.1. The molecule has 1 unspecified atom stereocenters. The molecule has 1 aromatic heterocycles. The molecule has 24 heavy (non-hydrogen) atoms. The summed E-state index contributed by atoms with van der Waals surface area (Å²) in [5.41, 5.74) is 1.04. The van der Waals surface area contributed by atoms with Crippen LogP contribution in [0, 0.1) is 11.6 Å². The first kappa shape index (κ1) is 16.0. The van der Waals surface area contributed by atoms with E-state index in [0.29, 0.717) is 36.2 Å². The monoisotopic (exact) mass is 334 g/mol. The lowest BCUT2D eigenvalue weighted by atomic mass is 9.82. The van der Waals surface area contributed by atoms with Gasteiger partial charge in [0.1, 0.15) is 5.82 Å². The summed E-state index contributed by atoms with van der Waals surface area (Å²) in [6.07, 6.45) is 4.12. The first-order valence-corrected chi connectivity index (χ1v) is 7.16. The van der Waals surface area contributed by atoms with Crippen molar-refractivity contribution in [3.8, 4) is 11.5 Å². The van der Waals surface area contributed by atoms with Gasteiger partial charge >= 0.3 is 0 Å². The predicted octanol–water partition coefficient (Wildman–Crippen LogP) is 2.10. The van der Waals surface area contributed by atoms with Crippen molar-refractivity contribution >= 4 is 12.9 Å². The van der Waals surface area contributed by atoms with E-state index >= 15 is 0 Å². The minimum atomic E-state index is -1.16. The van der Waals surface area contributed by atoms with E-state index in [1.807, 2.05) is 0 Å². The highest BCUT2D eigenvalue weighted by molar-refractivity contribution is 5.52. The number of ether oxygens (including phenoxy) is 2. The molecule has 0 aliphatic heterocycles. The maximum Gasteiger partial charge on any atom is 0.298 e. The molecule has 0 N–H and O–H groups in total. The number of fused-ring (bicyclic) bond motifs is 1. The number of hydrogen-bond donors (Lipinski definition) is 0. The van der Waals surface area contributed by atoms with Gasteiger partial charge in [-0.2, -0.15) is 4.39 Å². The van der Waals surface area contributed by atoms with Crippen molar-refractivity contribution in [3.63, 3.8) is 0 Å². The molecular weight excluding hydrogens is 322 g/mol. The summed E-state index contributed by atoms with van der Waals surface area (Å²) in [7, 11) is 0. The minimum Gasteiger partial charge on any atom is -0.425 e. The van der Waals surface area contributed by atoms with E-state index in [2.05, 4.69) is 19.4 Å². The molecular formula is C16H12F2N2O4. The van der Waals surface area contributed by atoms with Crippen LogP contribution in [0.3, 0.4) is 0 Å². The van der Waals surface area contributed by atoms with E-state index in [4.69, 9.17) is 0 Å². The van der Waals surface area contributed by atoms with Crippen molar-refractivity contribution in [1.29, 1.82) is 0 Å². The van der Waals surface area contributed by atoms with E-state index in [1.54, 1.807) is 0 Å². The Balaban J connectivity index is 1.89. The van der Waals surface area contributed by atoms with E-state index in [-0.39, 0.29) is 30.4 Å². The molecule has 1 aromatic carbocycles. The molecule has 0 spiro atoms. The summed E-state index contributed by atoms with van der Waals surface area (Å²) in [6, 6.07) is 1.11. The number of carbonyl (C=O) groups is 2. The van der Waals surface area contributed by atoms with E-state index < -0.39 is 11.6 Å². The molecule has 0 amide bonds. The first-order valence-electron chi connectivity index (χ1n) is 7.16. The fraction of sp³-hybridized carbons (Fsp3) is 0.250. The van der Waals surface area contributed by atoms with Gasteiger partial charge in [0.05, 0.1) is 12.4 Å². The molecule has 6 nitrogen and oxygen atoms in total. The molecule has 0 fully saturated rings. The summed E-state index contributed by atoms with van der Waals surface area (Å²) in [6.45, 7) is 0.361. The van der Waals surface area contributed by atoms with Crippen molar-refractivity contribution in [2.24, 2.45) is 0 Å². The molecule has 2 aromatic rings. The molecule has 1 atom stereocenters. The van der Waals surface area contributed by atoms with Crippen molar-refractivity contribution in [2.45, 2.75) is 25.2 Å². The number of benzene rings is 1. The predicted molar refractivity (Wildman–Crippen MR) is 76.5 cm³/mol. The zero-order valence-electron chi connectivity index (χ0n) is 12.4. The number of nitrogens with zero attached hydrogens (tertiary/aromatic N) is 2. The van der Waals surface area contributed by atoms with Crippen molar-refractivity contribution in [2.75, 3.05) is 0 Å². The average Bonchev–Trinajstić information content (AvgIpc) is 2.59. The lowest BCUT2D eigenvalue weighted by Crippen LogP contribution is -2.17. The lowest BCUT2D eigenvalue weighted by molar-refractivity contribution is -0.121. The van der Waals surface area contributed by atoms with Gasteiger partial charge in [0, 0.05) is 11.5 Å². The SMILES string of the molecule is O=COc1cnc(C2CCc3c(cc(F)c(F)c3OC=O)C2)nc1. The molecule has 1 heterocycles. The van der Waals surface area contributed by atoms with Crippen LogP contribution in [0.25, 0.3) is 0 Å². The molecule has 1 aliphatic carbocycles. The fourth-order valence-corrected chi connectivity index (χ4v) is 2.88. The minimum absolute atomic E-state index is 0.0824. The Labute approximate surface area is 135 Å². The van der Waals surface area contributed by atoms with Gasteiger partial charge in [-0.05, 0) is 30.9 Å². The Hall–Kier alpha value is -2.90. The van der Waals surface area contributed by atoms with Crippen LogP contribution in [0.5, 0.6) is 11.5 Å². The Morgan fingerprint density at radius 2 is 1.83 bits per heavy atom. The normalized spacial score (nSPS) is 16.2. The van der Waals surface area contributed by atoms with Gasteiger partial charge in [-0.3, -0.25) is 9.59 Å². The average molecular weight is 334 g/mol. The Bertz CT molecular complexity index is 781. The second kappa shape index (κ2) is 6.69. The largest absolute Gasteiger partial charge is 0.425 e. The summed E-state index contributed by atoms with van der Waals surface area (Å²) in [5.74, 6) is -1.94. The van der Waals surface area contributed by atoms with Crippen LogP contribution in [0.15, 0.2) is 18.5 Å². The quantitative estimate of drug-likeness (QED) is 0.779. The highest BCUT2D eigenvalue weighted by Gasteiger charge is 2.28. The summed E-state index contributed by atoms with van der Waals surface area (Å²) in [5, 5.41) is 0. The standard InChI is InChI=1S/C16H12F2N2O4/c17-13-4-10-3-9(16-19-5-11(6-20-16)23-7-21)1-2-12(10)15(14(13)18)24-8-22/h4-9H,1-3H2. The molecule has 1 aliphatic rings. The van der Waals surface area contributed by atoms with Crippen LogP contribution in [-0.2, 0) is 22.4 Å². The highest BCUT2D eigenvalue weighted by atomic mass is 19.2. The fourth-order valence-electron chi connectivity index (χ4n) is 2.88.